The summed E-state index contributed by atoms with van der Waals surface area (Å²) in [5.41, 5.74) is 0.328. The molecule has 1 aliphatic heterocycles. The summed E-state index contributed by atoms with van der Waals surface area (Å²) in [4.78, 5) is 13.7. The lowest BCUT2D eigenvalue weighted by atomic mass is 10.2. The lowest BCUT2D eigenvalue weighted by molar-refractivity contribution is -0.0440. The Hall–Kier alpha value is -1.74. The van der Waals surface area contributed by atoms with Gasteiger partial charge >= 0.3 is 0 Å². The number of nitrogens with one attached hydrogen (secondary N) is 1. The van der Waals surface area contributed by atoms with Crippen LogP contribution in [0.2, 0.25) is 0 Å². The van der Waals surface area contributed by atoms with E-state index < -0.39 is 10.0 Å². The fraction of sp³-hybridized carbons (Fsp3) is 0.421. The second-order valence-electron chi connectivity index (χ2n) is 6.82. The number of nitrogens with zero attached hydrogens (tertiary/aromatic N) is 1. The lowest BCUT2D eigenvalue weighted by Crippen LogP contribution is -2.48. The molecule has 1 saturated heterocycles. The normalized spacial score (nSPS) is 22.3. The third kappa shape index (κ3) is 4.57. The van der Waals surface area contributed by atoms with Crippen LogP contribution in [0.1, 0.15) is 42.0 Å². The van der Waals surface area contributed by atoms with E-state index in [2.05, 4.69) is 5.32 Å². The molecule has 0 radical (unpaired) electrons. The first kappa shape index (κ1) is 20.0. The van der Waals surface area contributed by atoms with Gasteiger partial charge in [-0.1, -0.05) is 12.1 Å². The molecule has 1 aromatic heterocycles. The Labute approximate surface area is 164 Å². The molecule has 1 aliphatic rings. The highest BCUT2D eigenvalue weighted by atomic mass is 32.2. The van der Waals surface area contributed by atoms with Gasteiger partial charge in [-0.25, -0.2) is 8.42 Å². The van der Waals surface area contributed by atoms with E-state index in [0.29, 0.717) is 18.7 Å². The highest BCUT2D eigenvalue weighted by Crippen LogP contribution is 2.23. The highest BCUT2D eigenvalue weighted by Gasteiger charge is 2.32. The number of hydrogen-bond acceptors (Lipinski definition) is 5. The van der Waals surface area contributed by atoms with Crippen LogP contribution in [0.4, 0.5) is 0 Å². The monoisotopic (exact) mass is 408 g/mol. The topological polar surface area (TPSA) is 75.7 Å². The second-order valence-corrected chi connectivity index (χ2v) is 9.73. The summed E-state index contributed by atoms with van der Waals surface area (Å²) in [6, 6.07) is 9.94. The molecule has 3 rings (SSSR count). The predicted molar refractivity (Wildman–Crippen MR) is 105 cm³/mol. The number of sulfonamides is 1. The summed E-state index contributed by atoms with van der Waals surface area (Å²) in [5.74, 6) is -0.295. The number of carbonyl (C=O) groups is 1. The molecule has 1 fully saturated rings. The first-order valence-corrected chi connectivity index (χ1v) is 11.2. The van der Waals surface area contributed by atoms with E-state index in [4.69, 9.17) is 4.74 Å². The number of amides is 1. The maximum absolute atomic E-state index is 13.0. The minimum atomic E-state index is -3.68. The van der Waals surface area contributed by atoms with Crippen molar-refractivity contribution < 1.29 is 17.9 Å². The number of carbonyl (C=O) groups excluding carboxylic acids is 1. The van der Waals surface area contributed by atoms with E-state index in [0.717, 1.165) is 4.88 Å². The van der Waals surface area contributed by atoms with Crippen LogP contribution in [0.5, 0.6) is 0 Å². The van der Waals surface area contributed by atoms with E-state index in [1.165, 1.54) is 16.4 Å². The molecule has 146 valence electrons. The molecular weight excluding hydrogens is 384 g/mol. The predicted octanol–water partition coefficient (Wildman–Crippen LogP) is 3.04. The summed E-state index contributed by atoms with van der Waals surface area (Å²) in [5, 5.41) is 4.87. The molecule has 6 nitrogen and oxygen atoms in total. The number of hydrogen-bond donors (Lipinski definition) is 1. The molecule has 2 aromatic rings. The average Bonchev–Trinajstić information content (AvgIpc) is 3.16. The number of rotatable bonds is 5. The standard InChI is InChI=1S/C19H24N2O4S2/c1-13-11-21(12-14(2)25-13)27(23,24)17-7-4-6-16(10-17)19(22)20-15(3)18-8-5-9-26-18/h4-10,13-15H,11-12H2,1-3H3,(H,20,22). The van der Waals surface area contributed by atoms with Gasteiger partial charge in [0.1, 0.15) is 0 Å². The second kappa shape index (κ2) is 8.10. The molecule has 0 spiro atoms. The fourth-order valence-corrected chi connectivity index (χ4v) is 5.53. The molecule has 1 aromatic carbocycles. The van der Waals surface area contributed by atoms with Crippen LogP contribution < -0.4 is 5.32 Å². The maximum Gasteiger partial charge on any atom is 0.251 e. The first-order chi connectivity index (χ1) is 12.8. The van der Waals surface area contributed by atoms with Crippen LogP contribution in [0.25, 0.3) is 0 Å². The van der Waals surface area contributed by atoms with Crippen molar-refractivity contribution in [1.29, 1.82) is 0 Å². The Morgan fingerprint density at radius 2 is 1.93 bits per heavy atom. The van der Waals surface area contributed by atoms with Gasteiger partial charge in [0.15, 0.2) is 0 Å². The zero-order valence-electron chi connectivity index (χ0n) is 15.6. The molecule has 3 unspecified atom stereocenters. The van der Waals surface area contributed by atoms with E-state index in [1.54, 1.807) is 23.5 Å². The van der Waals surface area contributed by atoms with Crippen molar-refractivity contribution in [3.63, 3.8) is 0 Å². The largest absolute Gasteiger partial charge is 0.373 e. The van der Waals surface area contributed by atoms with E-state index in [-0.39, 0.29) is 29.1 Å². The van der Waals surface area contributed by atoms with Crippen LogP contribution in [-0.4, -0.2) is 43.9 Å². The third-order valence-electron chi connectivity index (χ3n) is 4.44. The van der Waals surface area contributed by atoms with Crippen molar-refractivity contribution in [3.05, 3.63) is 52.2 Å². The molecule has 8 heteroatoms. The van der Waals surface area contributed by atoms with Crippen LogP contribution >= 0.6 is 11.3 Å². The van der Waals surface area contributed by atoms with Gasteiger partial charge in [-0.15, -0.1) is 11.3 Å². The Morgan fingerprint density at radius 1 is 1.22 bits per heavy atom. The molecule has 1 amide bonds. The SMILES string of the molecule is CC1CN(S(=O)(=O)c2cccc(C(=O)NC(C)c3cccs3)c2)CC(C)O1. The van der Waals surface area contributed by atoms with Gasteiger partial charge < -0.3 is 10.1 Å². The molecule has 3 atom stereocenters. The van der Waals surface area contributed by atoms with Gasteiger partial charge in [-0.3, -0.25) is 4.79 Å². The third-order valence-corrected chi connectivity index (χ3v) is 7.32. The van der Waals surface area contributed by atoms with Gasteiger partial charge in [-0.2, -0.15) is 4.31 Å². The minimum Gasteiger partial charge on any atom is -0.373 e. The highest BCUT2D eigenvalue weighted by molar-refractivity contribution is 7.89. The zero-order chi connectivity index (χ0) is 19.6. The van der Waals surface area contributed by atoms with Gasteiger partial charge in [0.2, 0.25) is 10.0 Å². The average molecular weight is 409 g/mol. The fourth-order valence-electron chi connectivity index (χ4n) is 3.16. The summed E-state index contributed by atoms with van der Waals surface area (Å²) in [7, 11) is -3.68. The van der Waals surface area contributed by atoms with Crippen molar-refractivity contribution in [1.82, 2.24) is 9.62 Å². The van der Waals surface area contributed by atoms with Crippen LogP contribution in [0.15, 0.2) is 46.7 Å². The van der Waals surface area contributed by atoms with Gasteiger partial charge in [-0.05, 0) is 50.4 Å². The van der Waals surface area contributed by atoms with E-state index >= 15 is 0 Å². The number of thiophene rings is 1. The van der Waals surface area contributed by atoms with Gasteiger partial charge in [0.25, 0.3) is 5.91 Å². The van der Waals surface area contributed by atoms with Crippen LogP contribution in [0.3, 0.4) is 0 Å². The Balaban J connectivity index is 1.79. The van der Waals surface area contributed by atoms with Crippen molar-refractivity contribution in [2.75, 3.05) is 13.1 Å². The Bertz CT molecular complexity index is 886. The van der Waals surface area contributed by atoms with Gasteiger partial charge in [0, 0.05) is 23.5 Å². The molecule has 27 heavy (non-hydrogen) atoms. The Morgan fingerprint density at radius 3 is 2.56 bits per heavy atom. The van der Waals surface area contributed by atoms with E-state index in [9.17, 15) is 13.2 Å². The smallest absolute Gasteiger partial charge is 0.251 e. The lowest BCUT2D eigenvalue weighted by Gasteiger charge is -2.34. The summed E-state index contributed by atoms with van der Waals surface area (Å²) in [6.07, 6.45) is -0.330. The van der Waals surface area contributed by atoms with Crippen LogP contribution in [0, 0.1) is 0 Å². The summed E-state index contributed by atoms with van der Waals surface area (Å²) in [6.45, 7) is 6.22. The molecule has 0 aliphatic carbocycles. The van der Waals surface area contributed by atoms with Crippen molar-refractivity contribution in [2.45, 2.75) is 43.9 Å². The summed E-state index contributed by atoms with van der Waals surface area (Å²) < 4.78 is 33.1. The molecule has 1 N–H and O–H groups in total. The number of morpholine rings is 1. The van der Waals surface area contributed by atoms with E-state index in [1.807, 2.05) is 38.3 Å². The van der Waals surface area contributed by atoms with Crippen LogP contribution in [-0.2, 0) is 14.8 Å². The minimum absolute atomic E-state index is 0.125. The maximum atomic E-state index is 13.0. The quantitative estimate of drug-likeness (QED) is 0.825. The number of benzene rings is 1. The molecule has 0 saturated carbocycles. The van der Waals surface area contributed by atoms with Crippen molar-refractivity contribution in [2.24, 2.45) is 0 Å². The molecular formula is C19H24N2O4S2. The first-order valence-electron chi connectivity index (χ1n) is 8.87. The number of ether oxygens (including phenoxy) is 1. The zero-order valence-corrected chi connectivity index (χ0v) is 17.2. The molecule has 0 bridgehead atoms. The van der Waals surface area contributed by atoms with Gasteiger partial charge in [0.05, 0.1) is 23.1 Å². The molecule has 2 heterocycles. The summed E-state index contributed by atoms with van der Waals surface area (Å²) >= 11 is 1.57. The Kier molecular flexibility index (Phi) is 6.00. The van der Waals surface area contributed by atoms with Crippen molar-refractivity contribution in [3.8, 4) is 0 Å². The van der Waals surface area contributed by atoms with Crippen molar-refractivity contribution >= 4 is 27.3 Å².